The Kier molecular flexibility index (Phi) is 5.75. The predicted octanol–water partition coefficient (Wildman–Crippen LogP) is 1.91. The molecule has 1 fully saturated rings. The largest absolute Gasteiger partial charge is 0.354 e. The molecule has 0 unspecified atom stereocenters. The van der Waals surface area contributed by atoms with Gasteiger partial charge in [-0.1, -0.05) is 12.8 Å². The Hall–Kier alpha value is -1.30. The number of carbonyl (C=O) groups is 1. The summed E-state index contributed by atoms with van der Waals surface area (Å²) in [5.41, 5.74) is 2.11. The Labute approximate surface area is 141 Å². The summed E-state index contributed by atoms with van der Waals surface area (Å²) in [7, 11) is 0. The quantitative estimate of drug-likeness (QED) is 0.862. The molecule has 0 aliphatic heterocycles. The molecule has 23 heavy (non-hydrogen) atoms. The van der Waals surface area contributed by atoms with E-state index in [1.807, 2.05) is 0 Å². The van der Waals surface area contributed by atoms with E-state index in [1.165, 1.54) is 30.4 Å². The Bertz CT molecular complexity index is 608. The molecule has 0 spiro atoms. The molecule has 1 amide bonds. The lowest BCUT2D eigenvalue weighted by Gasteiger charge is -2.16. The minimum Gasteiger partial charge on any atom is -0.354 e. The molecule has 2 aliphatic carbocycles. The van der Waals surface area contributed by atoms with Crippen LogP contribution in [0.15, 0.2) is 10.9 Å². The van der Waals surface area contributed by atoms with Crippen molar-refractivity contribution in [2.75, 3.05) is 12.3 Å². The summed E-state index contributed by atoms with van der Waals surface area (Å²) in [5, 5.41) is 8.03. The summed E-state index contributed by atoms with van der Waals surface area (Å²) in [4.78, 5) is 23.9. The second-order valence-electron chi connectivity index (χ2n) is 6.45. The molecule has 0 bridgehead atoms. The van der Waals surface area contributed by atoms with E-state index in [4.69, 9.17) is 0 Å². The normalized spacial score (nSPS) is 17.9. The zero-order chi connectivity index (χ0) is 16.1. The maximum absolute atomic E-state index is 12.1. The maximum Gasteiger partial charge on any atom is 0.267 e. The van der Waals surface area contributed by atoms with Crippen molar-refractivity contribution in [3.05, 3.63) is 27.7 Å². The molecule has 1 aromatic rings. The van der Waals surface area contributed by atoms with Gasteiger partial charge in [0.2, 0.25) is 5.91 Å². The van der Waals surface area contributed by atoms with Gasteiger partial charge in [-0.25, -0.2) is 4.68 Å². The fraction of sp³-hybridized carbons (Fsp3) is 0.706. The van der Waals surface area contributed by atoms with Crippen LogP contribution in [0.2, 0.25) is 0 Å². The number of nitrogens with one attached hydrogen (secondary N) is 1. The summed E-state index contributed by atoms with van der Waals surface area (Å²) in [6.07, 6.45) is 9.30. The number of thioether (sulfide) groups is 1. The number of rotatable bonds is 6. The smallest absolute Gasteiger partial charge is 0.267 e. The van der Waals surface area contributed by atoms with Gasteiger partial charge in [0, 0.05) is 17.9 Å². The third-order valence-electron chi connectivity index (χ3n) is 4.67. The molecule has 1 saturated carbocycles. The fourth-order valence-corrected chi connectivity index (χ4v) is 4.52. The molecule has 3 rings (SSSR count). The molecule has 1 aromatic heterocycles. The van der Waals surface area contributed by atoms with Gasteiger partial charge in [-0.3, -0.25) is 9.59 Å². The molecule has 0 atom stereocenters. The zero-order valence-corrected chi connectivity index (χ0v) is 14.4. The highest BCUT2D eigenvalue weighted by Crippen LogP contribution is 2.28. The average Bonchev–Trinajstić information content (AvgIpc) is 3.07. The van der Waals surface area contributed by atoms with E-state index in [0.717, 1.165) is 36.9 Å². The summed E-state index contributed by atoms with van der Waals surface area (Å²) in [6, 6.07) is 1.72. The number of aromatic nitrogens is 2. The van der Waals surface area contributed by atoms with Gasteiger partial charge in [-0.05, 0) is 44.1 Å². The van der Waals surface area contributed by atoms with E-state index >= 15 is 0 Å². The average molecular weight is 335 g/mol. The Morgan fingerprint density at radius 1 is 1.26 bits per heavy atom. The third-order valence-corrected chi connectivity index (χ3v) is 6.04. The molecular formula is C17H25N3O2S. The molecule has 0 saturated heterocycles. The molecule has 0 radical (unpaired) electrons. The van der Waals surface area contributed by atoms with Crippen molar-refractivity contribution < 1.29 is 4.79 Å². The van der Waals surface area contributed by atoms with Gasteiger partial charge in [0.05, 0.1) is 18.0 Å². The lowest BCUT2D eigenvalue weighted by atomic mass is 9.97. The number of hydrogen-bond donors (Lipinski definition) is 1. The van der Waals surface area contributed by atoms with E-state index in [0.29, 0.717) is 24.1 Å². The monoisotopic (exact) mass is 335 g/mol. The predicted molar refractivity (Wildman–Crippen MR) is 92.9 cm³/mol. The highest BCUT2D eigenvalue weighted by Gasteiger charge is 2.17. The van der Waals surface area contributed by atoms with Gasteiger partial charge >= 0.3 is 0 Å². The molecule has 6 heteroatoms. The van der Waals surface area contributed by atoms with E-state index < -0.39 is 0 Å². The number of amides is 1. The van der Waals surface area contributed by atoms with Crippen LogP contribution in [0.3, 0.4) is 0 Å². The summed E-state index contributed by atoms with van der Waals surface area (Å²) in [6.45, 7) is 0.918. The van der Waals surface area contributed by atoms with Crippen LogP contribution < -0.4 is 10.9 Å². The number of hydrogen-bond acceptors (Lipinski definition) is 4. The van der Waals surface area contributed by atoms with E-state index in [2.05, 4.69) is 10.4 Å². The Morgan fingerprint density at radius 2 is 2.04 bits per heavy atom. The van der Waals surface area contributed by atoms with Crippen LogP contribution in [0, 0.1) is 0 Å². The first kappa shape index (κ1) is 16.6. The minimum atomic E-state index is -0.0553. The van der Waals surface area contributed by atoms with Crippen molar-refractivity contribution in [3.63, 3.8) is 0 Å². The van der Waals surface area contributed by atoms with Crippen LogP contribution in [0.1, 0.15) is 49.8 Å². The van der Waals surface area contributed by atoms with Crippen molar-refractivity contribution in [1.29, 1.82) is 0 Å². The molecule has 1 heterocycles. The molecule has 1 N–H and O–H groups in total. The second-order valence-corrected chi connectivity index (χ2v) is 7.74. The summed E-state index contributed by atoms with van der Waals surface area (Å²) in [5.74, 6) is 0.588. The Morgan fingerprint density at radius 3 is 2.87 bits per heavy atom. The van der Waals surface area contributed by atoms with Crippen LogP contribution in [0.5, 0.6) is 0 Å². The van der Waals surface area contributed by atoms with Gasteiger partial charge in [0.25, 0.3) is 5.56 Å². The van der Waals surface area contributed by atoms with Gasteiger partial charge in [-0.15, -0.1) is 11.8 Å². The highest BCUT2D eigenvalue weighted by atomic mass is 32.2. The van der Waals surface area contributed by atoms with Crippen LogP contribution >= 0.6 is 11.8 Å². The summed E-state index contributed by atoms with van der Waals surface area (Å²) >= 11 is 1.76. The molecule has 126 valence electrons. The third kappa shape index (κ3) is 4.59. The first-order valence-electron chi connectivity index (χ1n) is 8.70. The van der Waals surface area contributed by atoms with E-state index in [9.17, 15) is 9.59 Å². The van der Waals surface area contributed by atoms with Crippen molar-refractivity contribution in [1.82, 2.24) is 15.1 Å². The van der Waals surface area contributed by atoms with Gasteiger partial charge in [0.1, 0.15) is 0 Å². The van der Waals surface area contributed by atoms with Gasteiger partial charge < -0.3 is 5.32 Å². The fourth-order valence-electron chi connectivity index (χ4n) is 3.36. The standard InChI is InChI=1S/C17H25N3O2S/c21-16(12-23-14-6-2-3-7-14)18-9-10-20-17(22)11-13-5-1-4-8-15(13)19-20/h11,14H,1-10,12H2,(H,18,21). The lowest BCUT2D eigenvalue weighted by Crippen LogP contribution is -2.34. The topological polar surface area (TPSA) is 64.0 Å². The number of fused-ring (bicyclic) bond motifs is 1. The van der Waals surface area contributed by atoms with Crippen molar-refractivity contribution in [2.45, 2.75) is 63.2 Å². The van der Waals surface area contributed by atoms with Crippen LogP contribution in [-0.4, -0.2) is 33.2 Å². The van der Waals surface area contributed by atoms with Crippen LogP contribution in [0.25, 0.3) is 0 Å². The molecular weight excluding hydrogens is 310 g/mol. The first-order chi connectivity index (χ1) is 11.2. The van der Waals surface area contributed by atoms with E-state index in [-0.39, 0.29) is 11.5 Å². The SMILES string of the molecule is O=C(CSC1CCCC1)NCCn1nc2c(cc1=O)CCCC2. The zero-order valence-electron chi connectivity index (χ0n) is 13.6. The number of nitrogens with zero attached hydrogens (tertiary/aromatic N) is 2. The van der Waals surface area contributed by atoms with Crippen LogP contribution in [0.4, 0.5) is 0 Å². The van der Waals surface area contributed by atoms with Crippen LogP contribution in [-0.2, 0) is 24.2 Å². The maximum atomic E-state index is 12.1. The van der Waals surface area contributed by atoms with Crippen molar-refractivity contribution >= 4 is 17.7 Å². The molecule has 0 aromatic carbocycles. The summed E-state index contributed by atoms with van der Waals surface area (Å²) < 4.78 is 1.49. The molecule has 2 aliphatic rings. The Balaban J connectivity index is 1.44. The lowest BCUT2D eigenvalue weighted by molar-refractivity contribution is -0.118. The van der Waals surface area contributed by atoms with E-state index in [1.54, 1.807) is 17.8 Å². The number of aryl methyl sites for hydroxylation is 2. The van der Waals surface area contributed by atoms with Crippen molar-refractivity contribution in [2.24, 2.45) is 0 Å². The van der Waals surface area contributed by atoms with Gasteiger partial charge in [0.15, 0.2) is 0 Å². The molecule has 5 nitrogen and oxygen atoms in total. The first-order valence-corrected chi connectivity index (χ1v) is 9.75. The minimum absolute atomic E-state index is 0.0553. The van der Waals surface area contributed by atoms with Crippen molar-refractivity contribution in [3.8, 4) is 0 Å². The second kappa shape index (κ2) is 7.99. The van der Waals surface area contributed by atoms with Gasteiger partial charge in [-0.2, -0.15) is 5.10 Å². The highest BCUT2D eigenvalue weighted by molar-refractivity contribution is 8.00. The number of carbonyl (C=O) groups excluding carboxylic acids is 1.